The molecule has 0 amide bonds. The second-order valence-corrected chi connectivity index (χ2v) is 8.25. The van der Waals surface area contributed by atoms with Crippen molar-refractivity contribution in [2.75, 3.05) is 23.8 Å². The Labute approximate surface area is 181 Å². The fourth-order valence-corrected chi connectivity index (χ4v) is 4.65. The first-order valence-corrected chi connectivity index (χ1v) is 10.3. The van der Waals surface area contributed by atoms with Gasteiger partial charge in [-0.05, 0) is 13.3 Å². The van der Waals surface area contributed by atoms with E-state index < -0.39 is 11.6 Å². The standard InChI is InChI=1S/C21H20F2N8O/c1-8-26-5-9(6-27-8)32-21-29-19-16(20(30-21)31-7-10-12(24)4-14(10)31)15-17(23)11(22)3-13(25-2)18(15)28-19/h3,5-6,10,12,14,25H,4,7,24H2,1-2H3,(H,28,29,30)/t10?,12-,14+/m1/s1. The number of fused-ring (bicyclic) bond motifs is 4. The summed E-state index contributed by atoms with van der Waals surface area (Å²) in [6, 6.07) is 1.54. The first kappa shape index (κ1) is 19.1. The number of piperidine rings is 1. The first-order valence-electron chi connectivity index (χ1n) is 10.3. The van der Waals surface area contributed by atoms with Crippen LogP contribution in [0.2, 0.25) is 0 Å². The van der Waals surface area contributed by atoms with Gasteiger partial charge in [-0.3, -0.25) is 0 Å². The van der Waals surface area contributed by atoms with Crippen LogP contribution in [0.1, 0.15) is 12.2 Å². The van der Waals surface area contributed by atoms with Crippen LogP contribution in [0.15, 0.2) is 18.5 Å². The predicted molar refractivity (Wildman–Crippen MR) is 115 cm³/mol. The Bertz CT molecular complexity index is 1370. The van der Waals surface area contributed by atoms with Crippen molar-refractivity contribution < 1.29 is 13.5 Å². The number of nitrogens with two attached hydrogens (primary N) is 1. The molecule has 164 valence electrons. The molecule has 1 aromatic carbocycles. The van der Waals surface area contributed by atoms with Crippen molar-refractivity contribution in [1.29, 1.82) is 0 Å². The molecule has 1 saturated carbocycles. The summed E-state index contributed by atoms with van der Waals surface area (Å²) in [5.41, 5.74) is 7.27. The van der Waals surface area contributed by atoms with Crippen LogP contribution in [0, 0.1) is 24.5 Å². The first-order chi connectivity index (χ1) is 15.4. The average Bonchev–Trinajstić information content (AvgIpc) is 3.15. The SMILES string of the molecule is CNc1cc(F)c(F)c2c1[nH]c1nc(Oc3cnc(C)nc3)nc(N3CC4[C@H](N)C[C@@H]43)c12. The lowest BCUT2D eigenvalue weighted by atomic mass is 9.67. The molecule has 1 aliphatic carbocycles. The van der Waals surface area contributed by atoms with Gasteiger partial charge >= 0.3 is 6.01 Å². The molecule has 2 aliphatic rings. The highest BCUT2D eigenvalue weighted by Gasteiger charge is 2.52. The van der Waals surface area contributed by atoms with Gasteiger partial charge in [-0.25, -0.2) is 18.7 Å². The summed E-state index contributed by atoms with van der Waals surface area (Å²) in [6.45, 7) is 2.46. The number of nitrogens with one attached hydrogen (secondary N) is 2. The highest BCUT2D eigenvalue weighted by molar-refractivity contribution is 6.15. The van der Waals surface area contributed by atoms with Crippen LogP contribution in [-0.4, -0.2) is 50.6 Å². The maximum atomic E-state index is 15.0. The Morgan fingerprint density at radius 2 is 2.00 bits per heavy atom. The third-order valence-corrected chi connectivity index (χ3v) is 6.46. The topological polar surface area (TPSA) is 118 Å². The molecule has 1 saturated heterocycles. The van der Waals surface area contributed by atoms with E-state index in [1.54, 1.807) is 14.0 Å². The molecule has 3 atom stereocenters. The molecule has 3 aromatic heterocycles. The van der Waals surface area contributed by atoms with Crippen molar-refractivity contribution >= 4 is 33.4 Å². The Balaban J connectivity index is 1.56. The van der Waals surface area contributed by atoms with Gasteiger partial charge in [0.2, 0.25) is 0 Å². The number of ether oxygens (including phenoxy) is 1. The number of hydrogen-bond acceptors (Lipinski definition) is 8. The molecule has 11 heteroatoms. The molecule has 0 spiro atoms. The molecule has 32 heavy (non-hydrogen) atoms. The molecular weight excluding hydrogens is 418 g/mol. The van der Waals surface area contributed by atoms with Crippen LogP contribution in [0.25, 0.3) is 21.9 Å². The number of aromatic amines is 1. The molecule has 1 aliphatic heterocycles. The molecule has 1 unspecified atom stereocenters. The Hall–Kier alpha value is -3.60. The summed E-state index contributed by atoms with van der Waals surface area (Å²) in [5.74, 6) is -0.0537. The molecule has 4 aromatic rings. The van der Waals surface area contributed by atoms with Gasteiger partial charge in [0, 0.05) is 37.7 Å². The highest BCUT2D eigenvalue weighted by atomic mass is 19.2. The number of halogens is 2. The van der Waals surface area contributed by atoms with E-state index in [4.69, 9.17) is 10.5 Å². The highest BCUT2D eigenvalue weighted by Crippen LogP contribution is 2.47. The van der Waals surface area contributed by atoms with Gasteiger partial charge in [0.25, 0.3) is 0 Å². The normalized spacial score (nSPS) is 21.9. The fraction of sp³-hybridized carbons (Fsp3) is 0.333. The minimum absolute atomic E-state index is 0.0606. The van der Waals surface area contributed by atoms with Crippen molar-refractivity contribution in [3.05, 3.63) is 35.9 Å². The average molecular weight is 438 g/mol. The number of nitrogens with zero attached hydrogens (tertiary/aromatic N) is 5. The zero-order valence-electron chi connectivity index (χ0n) is 17.4. The number of aromatic nitrogens is 5. The third-order valence-electron chi connectivity index (χ3n) is 6.46. The van der Waals surface area contributed by atoms with E-state index in [0.29, 0.717) is 52.1 Å². The number of benzene rings is 1. The third kappa shape index (κ3) is 2.63. The molecule has 4 N–H and O–H groups in total. The Kier molecular flexibility index (Phi) is 4.00. The zero-order valence-corrected chi connectivity index (χ0v) is 17.4. The Morgan fingerprint density at radius 1 is 1.22 bits per heavy atom. The van der Waals surface area contributed by atoms with Gasteiger partial charge in [-0.2, -0.15) is 9.97 Å². The molecule has 4 heterocycles. The maximum Gasteiger partial charge on any atom is 0.326 e. The van der Waals surface area contributed by atoms with Crippen LogP contribution < -0.4 is 20.7 Å². The lowest BCUT2D eigenvalue weighted by Gasteiger charge is -2.59. The van der Waals surface area contributed by atoms with E-state index in [1.807, 2.05) is 0 Å². The summed E-state index contributed by atoms with van der Waals surface area (Å²) in [7, 11) is 1.64. The van der Waals surface area contributed by atoms with Crippen LogP contribution in [0.4, 0.5) is 20.3 Å². The number of H-pyrrole nitrogens is 1. The molecule has 0 bridgehead atoms. The molecular formula is C21H20F2N8O. The van der Waals surface area contributed by atoms with Crippen molar-refractivity contribution in [2.24, 2.45) is 11.7 Å². The smallest absolute Gasteiger partial charge is 0.326 e. The molecule has 2 fully saturated rings. The number of hydrogen-bond donors (Lipinski definition) is 3. The van der Waals surface area contributed by atoms with E-state index in [1.165, 1.54) is 12.4 Å². The summed E-state index contributed by atoms with van der Waals surface area (Å²) < 4.78 is 35.2. The Morgan fingerprint density at radius 3 is 2.66 bits per heavy atom. The zero-order chi connectivity index (χ0) is 22.1. The van der Waals surface area contributed by atoms with Gasteiger partial charge in [0.05, 0.1) is 34.4 Å². The summed E-state index contributed by atoms with van der Waals surface area (Å²) in [4.78, 5) is 22.5. The maximum absolute atomic E-state index is 15.0. The lowest BCUT2D eigenvalue weighted by Crippen LogP contribution is -2.71. The second-order valence-electron chi connectivity index (χ2n) is 8.25. The number of anilines is 2. The van der Waals surface area contributed by atoms with E-state index in [2.05, 4.69) is 35.1 Å². The van der Waals surface area contributed by atoms with Crippen LogP contribution >= 0.6 is 0 Å². The predicted octanol–water partition coefficient (Wildman–Crippen LogP) is 2.86. The quantitative estimate of drug-likeness (QED) is 0.445. The monoisotopic (exact) mass is 438 g/mol. The second kappa shape index (κ2) is 6.70. The minimum Gasteiger partial charge on any atom is -0.421 e. The van der Waals surface area contributed by atoms with Crippen LogP contribution in [0.5, 0.6) is 11.8 Å². The van der Waals surface area contributed by atoms with Crippen LogP contribution in [0.3, 0.4) is 0 Å². The van der Waals surface area contributed by atoms with Crippen molar-refractivity contribution in [2.45, 2.75) is 25.4 Å². The van der Waals surface area contributed by atoms with Gasteiger partial charge in [0.1, 0.15) is 17.3 Å². The number of aryl methyl sites for hydroxylation is 1. The molecule has 0 radical (unpaired) electrons. The van der Waals surface area contributed by atoms with Gasteiger partial charge in [-0.1, -0.05) is 0 Å². The van der Waals surface area contributed by atoms with Gasteiger partial charge < -0.3 is 25.7 Å². The van der Waals surface area contributed by atoms with Crippen molar-refractivity contribution in [3.63, 3.8) is 0 Å². The van der Waals surface area contributed by atoms with Crippen LogP contribution in [-0.2, 0) is 0 Å². The number of rotatable bonds is 4. The molecule has 9 nitrogen and oxygen atoms in total. The summed E-state index contributed by atoms with van der Waals surface area (Å²) in [5, 5.41) is 3.43. The van der Waals surface area contributed by atoms with Crippen molar-refractivity contribution in [3.8, 4) is 11.8 Å². The van der Waals surface area contributed by atoms with E-state index in [0.717, 1.165) is 12.5 Å². The van der Waals surface area contributed by atoms with E-state index in [9.17, 15) is 4.39 Å². The largest absolute Gasteiger partial charge is 0.421 e. The van der Waals surface area contributed by atoms with E-state index >= 15 is 4.39 Å². The lowest BCUT2D eigenvalue weighted by molar-refractivity contribution is 0.121. The minimum atomic E-state index is -0.946. The fourth-order valence-electron chi connectivity index (χ4n) is 4.65. The molecule has 6 rings (SSSR count). The van der Waals surface area contributed by atoms with Gasteiger partial charge in [0.15, 0.2) is 17.4 Å². The summed E-state index contributed by atoms with van der Waals surface area (Å²) >= 11 is 0. The van der Waals surface area contributed by atoms with Gasteiger partial charge in [-0.15, -0.1) is 0 Å². The summed E-state index contributed by atoms with van der Waals surface area (Å²) in [6.07, 6.45) is 3.87. The van der Waals surface area contributed by atoms with Crippen molar-refractivity contribution in [1.82, 2.24) is 24.9 Å². The van der Waals surface area contributed by atoms with E-state index in [-0.39, 0.29) is 23.5 Å².